The zero-order valence-electron chi connectivity index (χ0n) is 35.4. The molecule has 5 nitrogen and oxygen atoms in total. The van der Waals surface area contributed by atoms with Gasteiger partial charge < -0.3 is 18.0 Å². The second-order valence-corrected chi connectivity index (χ2v) is 32.5. The summed E-state index contributed by atoms with van der Waals surface area (Å²) in [6.07, 6.45) is 29.4. The molecule has 8 heteroatoms. The van der Waals surface area contributed by atoms with E-state index >= 15 is 0 Å². The smallest absolute Gasteiger partial charge is 0.305 e. The molecule has 0 aromatic heterocycles. The molecule has 0 unspecified atom stereocenters. The highest BCUT2D eigenvalue weighted by Crippen LogP contribution is 2.40. The summed E-state index contributed by atoms with van der Waals surface area (Å²) in [5, 5.41) is 0.474. The van der Waals surface area contributed by atoms with Crippen LogP contribution in [0.5, 0.6) is 0 Å². The molecule has 0 saturated heterocycles. The molecule has 0 saturated carbocycles. The molecule has 0 spiro atoms. The Kier molecular flexibility index (Phi) is 21.2. The quantitative estimate of drug-likeness (QED) is 0.0385. The normalized spacial score (nSPS) is 16.6. The van der Waals surface area contributed by atoms with Crippen molar-refractivity contribution in [3.05, 3.63) is 72.9 Å². The number of hydrogen-bond acceptors (Lipinski definition) is 5. The monoisotopic (exact) mass is 747 g/mol. The number of allylic oxidation sites excluding steroid dienone is 9. The number of rotatable bonds is 21. The zero-order chi connectivity index (χ0) is 38.9. The van der Waals surface area contributed by atoms with Gasteiger partial charge in [-0.2, -0.15) is 0 Å². The average Bonchev–Trinajstić information content (AvgIpc) is 2.97. The summed E-state index contributed by atoms with van der Waals surface area (Å²) in [4.78, 5) is 11.5. The minimum atomic E-state index is -1.94. The van der Waals surface area contributed by atoms with Gasteiger partial charge in [0.05, 0.1) is 19.3 Å². The van der Waals surface area contributed by atoms with Crippen LogP contribution in [0.1, 0.15) is 101 Å². The molecule has 0 N–H and O–H groups in total. The lowest BCUT2D eigenvalue weighted by Gasteiger charge is -2.41. The molecule has 0 aliphatic heterocycles. The Labute approximate surface area is 313 Å². The Morgan fingerprint density at radius 1 is 0.600 bits per heavy atom. The lowest BCUT2D eigenvalue weighted by molar-refractivity contribution is -0.140. The van der Waals surface area contributed by atoms with Crippen molar-refractivity contribution in [2.75, 3.05) is 13.7 Å². The van der Waals surface area contributed by atoms with Crippen molar-refractivity contribution < 1.29 is 22.8 Å². The first-order valence-electron chi connectivity index (χ1n) is 18.8. The molecule has 0 aliphatic rings. The number of esters is 1. The second-order valence-electron chi connectivity index (χ2n) is 18.2. The summed E-state index contributed by atoms with van der Waals surface area (Å²) >= 11 is 0. The summed E-state index contributed by atoms with van der Waals surface area (Å²) in [6, 6.07) is 0. The third kappa shape index (κ3) is 19.3. The number of ether oxygens (including phenoxy) is 1. The molecular weight excluding hydrogens is 669 g/mol. The lowest BCUT2D eigenvalue weighted by Crippen LogP contribution is -2.47. The van der Waals surface area contributed by atoms with Crippen molar-refractivity contribution in [3.8, 4) is 0 Å². The van der Waals surface area contributed by atoms with Crippen LogP contribution in [0.15, 0.2) is 72.9 Å². The standard InChI is InChI=1S/C42H78O5Si3/c1-36(35-45-48(12,13)40(2,3)4)38(47-50(16,17)42(8,9)10)33-28-26-24-22-20-18-19-21-23-25-27-31-37(32-29-30-34-39(43)44-11)46-49(14,15)41(5,6)7/h18-19,21,23-29,32-33,36-38H,20,22,30-31,34-35H2,1-17H3/b19-18+,23-21+,26-24+,27-25+,32-29+,33-28+/t36-,37-,38+/m0/s1. The molecule has 0 aliphatic carbocycles. The highest BCUT2D eigenvalue weighted by Gasteiger charge is 2.41. The van der Waals surface area contributed by atoms with E-state index in [9.17, 15) is 4.79 Å². The van der Waals surface area contributed by atoms with Crippen LogP contribution in [-0.4, -0.2) is 56.8 Å². The Morgan fingerprint density at radius 2 is 1.08 bits per heavy atom. The Morgan fingerprint density at radius 3 is 1.58 bits per heavy atom. The van der Waals surface area contributed by atoms with Crippen molar-refractivity contribution in [1.29, 1.82) is 0 Å². The number of methoxy groups -OCH3 is 1. The summed E-state index contributed by atoms with van der Waals surface area (Å²) in [7, 11) is -4.26. The molecule has 0 radical (unpaired) electrons. The van der Waals surface area contributed by atoms with Crippen molar-refractivity contribution in [3.63, 3.8) is 0 Å². The van der Waals surface area contributed by atoms with Crippen LogP contribution in [0.2, 0.25) is 54.4 Å². The first kappa shape index (κ1) is 48.4. The number of hydrogen-bond donors (Lipinski definition) is 0. The summed E-state index contributed by atoms with van der Waals surface area (Å²) in [5.74, 6) is 0.0868. The molecular formula is C42H78O5Si3. The second kappa shape index (κ2) is 21.8. The molecule has 288 valence electrons. The first-order valence-corrected chi connectivity index (χ1v) is 27.5. The maximum absolute atomic E-state index is 11.5. The van der Waals surface area contributed by atoms with Gasteiger partial charge in [0.1, 0.15) is 0 Å². The van der Waals surface area contributed by atoms with Crippen LogP contribution < -0.4 is 0 Å². The summed E-state index contributed by atoms with van der Waals surface area (Å²) < 4.78 is 24.9. The molecule has 0 fully saturated rings. The Hall–Kier alpha value is -1.56. The Balaban J connectivity index is 5.15. The maximum atomic E-state index is 11.5. The van der Waals surface area contributed by atoms with E-state index in [4.69, 9.17) is 18.0 Å². The SMILES string of the molecule is COC(=O)CC/C=C/[C@H](C/C=C/C=C/C=C/CC/C=C/C=C/[C@@H](O[Si](C)(C)C(C)(C)C)[C@@H](C)CO[Si](C)(C)C(C)(C)C)O[Si](C)(C)C(C)(C)C. The molecule has 0 rings (SSSR count). The fraction of sp³-hybridized carbons (Fsp3) is 0.690. The molecule has 3 atom stereocenters. The van der Waals surface area contributed by atoms with E-state index in [0.29, 0.717) is 12.8 Å². The minimum Gasteiger partial charge on any atom is -0.469 e. The van der Waals surface area contributed by atoms with Gasteiger partial charge in [0.15, 0.2) is 25.0 Å². The van der Waals surface area contributed by atoms with Crippen LogP contribution in [-0.2, 0) is 22.8 Å². The number of carbonyl (C=O) groups excluding carboxylic acids is 1. The van der Waals surface area contributed by atoms with E-state index in [-0.39, 0.29) is 39.2 Å². The highest BCUT2D eigenvalue weighted by atomic mass is 28.4. The van der Waals surface area contributed by atoms with E-state index < -0.39 is 25.0 Å². The number of carbonyl (C=O) groups is 1. The van der Waals surface area contributed by atoms with Crippen LogP contribution >= 0.6 is 0 Å². The van der Waals surface area contributed by atoms with Crippen molar-refractivity contribution >= 4 is 30.9 Å². The van der Waals surface area contributed by atoms with Gasteiger partial charge in [-0.3, -0.25) is 4.79 Å². The Bertz CT molecular complexity index is 1160. The lowest BCUT2D eigenvalue weighted by atomic mass is 10.1. The van der Waals surface area contributed by atoms with Crippen molar-refractivity contribution in [1.82, 2.24) is 0 Å². The van der Waals surface area contributed by atoms with E-state index in [1.54, 1.807) is 0 Å². The topological polar surface area (TPSA) is 54.0 Å². The summed E-state index contributed by atoms with van der Waals surface area (Å²) in [5.41, 5.74) is 0. The van der Waals surface area contributed by atoms with Gasteiger partial charge in [-0.25, -0.2) is 0 Å². The maximum Gasteiger partial charge on any atom is 0.305 e. The number of unbranched alkanes of at least 4 members (excludes halogenated alkanes) is 1. The van der Waals surface area contributed by atoms with Crippen molar-refractivity contribution in [2.45, 2.75) is 168 Å². The zero-order valence-corrected chi connectivity index (χ0v) is 38.4. The van der Waals surface area contributed by atoms with E-state index in [2.05, 4.69) is 175 Å². The van der Waals surface area contributed by atoms with Gasteiger partial charge in [-0.15, -0.1) is 0 Å². The average molecular weight is 747 g/mol. The molecule has 0 heterocycles. The van der Waals surface area contributed by atoms with Crippen LogP contribution in [0, 0.1) is 5.92 Å². The predicted molar refractivity (Wildman–Crippen MR) is 226 cm³/mol. The van der Waals surface area contributed by atoms with Crippen LogP contribution in [0.25, 0.3) is 0 Å². The third-order valence-corrected chi connectivity index (χ3v) is 24.2. The third-order valence-electron chi connectivity index (χ3n) is 10.7. The summed E-state index contributed by atoms with van der Waals surface area (Å²) in [6.45, 7) is 37.4. The molecule has 0 bridgehead atoms. The van der Waals surface area contributed by atoms with E-state index in [1.165, 1.54) is 7.11 Å². The van der Waals surface area contributed by atoms with Crippen molar-refractivity contribution in [2.24, 2.45) is 5.92 Å². The fourth-order valence-corrected chi connectivity index (χ4v) is 7.66. The molecule has 0 amide bonds. The van der Waals surface area contributed by atoms with Gasteiger partial charge >= 0.3 is 5.97 Å². The van der Waals surface area contributed by atoms with Gasteiger partial charge in [-0.1, -0.05) is 142 Å². The highest BCUT2D eigenvalue weighted by molar-refractivity contribution is 6.75. The molecule has 0 aromatic carbocycles. The van der Waals surface area contributed by atoms with Gasteiger partial charge in [0.2, 0.25) is 0 Å². The van der Waals surface area contributed by atoms with E-state index in [1.807, 2.05) is 6.08 Å². The minimum absolute atomic E-state index is 0.0118. The van der Waals surface area contributed by atoms with Crippen LogP contribution in [0.4, 0.5) is 0 Å². The van der Waals surface area contributed by atoms with E-state index in [0.717, 1.165) is 25.9 Å². The predicted octanol–water partition coefficient (Wildman–Crippen LogP) is 12.9. The molecule has 0 aromatic rings. The van der Waals surface area contributed by atoms with Gasteiger partial charge in [0.25, 0.3) is 0 Å². The first-order chi connectivity index (χ1) is 22.8. The van der Waals surface area contributed by atoms with Gasteiger partial charge in [-0.05, 0) is 80.1 Å². The van der Waals surface area contributed by atoms with Gasteiger partial charge in [0, 0.05) is 18.9 Å². The molecule has 50 heavy (non-hydrogen) atoms. The van der Waals surface area contributed by atoms with Crippen LogP contribution in [0.3, 0.4) is 0 Å². The largest absolute Gasteiger partial charge is 0.469 e. The fourth-order valence-electron chi connectivity index (χ4n) is 3.92.